The second kappa shape index (κ2) is 4.99. The van der Waals surface area contributed by atoms with Crippen LogP contribution in [0.25, 0.3) is 0 Å². The summed E-state index contributed by atoms with van der Waals surface area (Å²) in [5.41, 5.74) is -0.239. The molecule has 2 heterocycles. The van der Waals surface area contributed by atoms with Gasteiger partial charge in [-0.05, 0) is 19.1 Å². The highest BCUT2D eigenvalue weighted by molar-refractivity contribution is 7.98. The number of aliphatic hydroxyl groups excluding tert-OH is 1. The van der Waals surface area contributed by atoms with Crippen LogP contribution < -0.4 is 5.56 Å². The van der Waals surface area contributed by atoms with Crippen molar-refractivity contribution in [3.8, 4) is 0 Å². The van der Waals surface area contributed by atoms with Gasteiger partial charge in [-0.2, -0.15) is 4.98 Å². The zero-order valence-electron chi connectivity index (χ0n) is 9.00. The molecule has 0 saturated carbocycles. The van der Waals surface area contributed by atoms with Crippen molar-refractivity contribution in [1.29, 1.82) is 0 Å². The van der Waals surface area contributed by atoms with Gasteiger partial charge in [-0.1, -0.05) is 11.8 Å². The molecule has 88 valence electrons. The molecule has 1 N–H and O–H groups in total. The van der Waals surface area contributed by atoms with E-state index >= 15 is 0 Å². The van der Waals surface area contributed by atoms with Crippen molar-refractivity contribution >= 4 is 11.8 Å². The third-order valence-corrected chi connectivity index (χ3v) is 3.25. The summed E-state index contributed by atoms with van der Waals surface area (Å²) >= 11 is 1.41. The number of aromatic nitrogens is 2. The first-order chi connectivity index (χ1) is 7.74. The number of nitrogens with zero attached hydrogens (tertiary/aromatic N) is 2. The fourth-order valence-electron chi connectivity index (χ4n) is 1.79. The average molecular weight is 242 g/mol. The Bertz CT molecular complexity index is 421. The summed E-state index contributed by atoms with van der Waals surface area (Å²) in [5.74, 6) is 0. The van der Waals surface area contributed by atoms with E-state index in [1.807, 2.05) is 10.8 Å². The van der Waals surface area contributed by atoms with Crippen molar-refractivity contribution in [3.63, 3.8) is 0 Å². The van der Waals surface area contributed by atoms with Crippen LogP contribution in [0.15, 0.2) is 22.2 Å². The highest BCUT2D eigenvalue weighted by Gasteiger charge is 2.26. The normalized spacial score (nSPS) is 24.9. The van der Waals surface area contributed by atoms with Gasteiger partial charge in [0.05, 0.1) is 12.7 Å². The highest BCUT2D eigenvalue weighted by Crippen LogP contribution is 2.29. The van der Waals surface area contributed by atoms with E-state index in [2.05, 4.69) is 4.98 Å². The zero-order valence-corrected chi connectivity index (χ0v) is 9.81. The lowest BCUT2D eigenvalue weighted by atomic mass is 10.2. The molecular weight excluding hydrogens is 228 g/mol. The maximum absolute atomic E-state index is 11.1. The van der Waals surface area contributed by atoms with Crippen molar-refractivity contribution in [2.45, 2.75) is 30.3 Å². The van der Waals surface area contributed by atoms with Crippen LogP contribution in [-0.4, -0.2) is 33.6 Å². The molecule has 0 radical (unpaired) electrons. The van der Waals surface area contributed by atoms with Crippen molar-refractivity contribution < 1.29 is 9.84 Å². The molecule has 0 unspecified atom stereocenters. The molecule has 0 amide bonds. The molecule has 1 aliphatic heterocycles. The van der Waals surface area contributed by atoms with Gasteiger partial charge >= 0.3 is 0 Å². The Morgan fingerprint density at radius 1 is 1.69 bits per heavy atom. The quantitative estimate of drug-likeness (QED) is 0.622. The van der Waals surface area contributed by atoms with Gasteiger partial charge in [0.25, 0.3) is 5.56 Å². The van der Waals surface area contributed by atoms with Crippen LogP contribution in [0.5, 0.6) is 0 Å². The molecular formula is C10H14N2O3S. The molecule has 0 spiro atoms. The standard InChI is InChI=1S/C10H14N2O3S/c1-16-10-11-8(14)4-5-12(10)9-3-2-7(6-13)15-9/h4-5,7,9,13H,2-3,6H2,1H3/t7-,9-/m0/s1. The summed E-state index contributed by atoms with van der Waals surface area (Å²) in [6, 6.07) is 1.43. The minimum Gasteiger partial charge on any atom is -0.394 e. The van der Waals surface area contributed by atoms with Crippen LogP contribution in [0.2, 0.25) is 0 Å². The molecule has 1 fully saturated rings. The first-order valence-corrected chi connectivity index (χ1v) is 6.36. The third-order valence-electron chi connectivity index (χ3n) is 2.59. The van der Waals surface area contributed by atoms with E-state index in [0.29, 0.717) is 5.16 Å². The third kappa shape index (κ3) is 2.28. The van der Waals surface area contributed by atoms with Crippen molar-refractivity contribution in [3.05, 3.63) is 22.6 Å². The molecule has 6 heteroatoms. The number of rotatable bonds is 3. The Kier molecular flexibility index (Phi) is 3.63. The van der Waals surface area contributed by atoms with E-state index in [1.165, 1.54) is 17.8 Å². The predicted molar refractivity (Wildman–Crippen MR) is 60.5 cm³/mol. The van der Waals surface area contributed by atoms with Gasteiger partial charge < -0.3 is 14.4 Å². The van der Waals surface area contributed by atoms with Crippen molar-refractivity contribution in [2.75, 3.05) is 12.9 Å². The largest absolute Gasteiger partial charge is 0.394 e. The van der Waals surface area contributed by atoms with Gasteiger partial charge in [-0.15, -0.1) is 0 Å². The van der Waals surface area contributed by atoms with Crippen LogP contribution in [-0.2, 0) is 4.74 Å². The van der Waals surface area contributed by atoms with Gasteiger partial charge in [-0.3, -0.25) is 4.79 Å². The van der Waals surface area contributed by atoms with Crippen LogP contribution in [0.3, 0.4) is 0 Å². The van der Waals surface area contributed by atoms with Crippen LogP contribution in [0.4, 0.5) is 0 Å². The maximum Gasteiger partial charge on any atom is 0.273 e. The first kappa shape index (κ1) is 11.6. The second-order valence-electron chi connectivity index (χ2n) is 3.63. The minimum absolute atomic E-state index is 0.0404. The zero-order chi connectivity index (χ0) is 11.5. The number of ether oxygens (including phenoxy) is 1. The Hall–Kier alpha value is -0.850. The van der Waals surface area contributed by atoms with Gasteiger partial charge in [0, 0.05) is 12.3 Å². The smallest absolute Gasteiger partial charge is 0.273 e. The summed E-state index contributed by atoms with van der Waals surface area (Å²) in [7, 11) is 0. The van der Waals surface area contributed by atoms with E-state index in [4.69, 9.17) is 9.84 Å². The molecule has 0 aliphatic carbocycles. The molecule has 1 aliphatic rings. The fourth-order valence-corrected chi connectivity index (χ4v) is 2.36. The summed E-state index contributed by atoms with van der Waals surface area (Å²) in [6.07, 6.45) is 5.03. The Morgan fingerprint density at radius 3 is 3.12 bits per heavy atom. The maximum atomic E-state index is 11.1. The Morgan fingerprint density at radius 2 is 2.50 bits per heavy atom. The van der Waals surface area contributed by atoms with E-state index in [1.54, 1.807) is 6.20 Å². The monoisotopic (exact) mass is 242 g/mol. The van der Waals surface area contributed by atoms with Crippen LogP contribution >= 0.6 is 11.8 Å². The minimum atomic E-state index is -0.239. The lowest BCUT2D eigenvalue weighted by molar-refractivity contribution is -0.0272. The van der Waals surface area contributed by atoms with Crippen molar-refractivity contribution in [2.24, 2.45) is 0 Å². The Balaban J connectivity index is 2.24. The molecule has 1 saturated heterocycles. The average Bonchev–Trinajstić information content (AvgIpc) is 2.77. The topological polar surface area (TPSA) is 64.4 Å². The lowest BCUT2D eigenvalue weighted by Gasteiger charge is -2.17. The van der Waals surface area contributed by atoms with Gasteiger partial charge in [0.1, 0.15) is 6.23 Å². The predicted octanol–water partition coefficient (Wildman–Crippen LogP) is 0.635. The summed E-state index contributed by atoms with van der Waals surface area (Å²) < 4.78 is 7.49. The van der Waals surface area contributed by atoms with E-state index < -0.39 is 0 Å². The molecule has 1 aromatic rings. The number of hydrogen-bond donors (Lipinski definition) is 1. The first-order valence-electron chi connectivity index (χ1n) is 5.14. The van der Waals surface area contributed by atoms with E-state index in [9.17, 15) is 4.79 Å². The molecule has 0 aromatic carbocycles. The number of hydrogen-bond acceptors (Lipinski definition) is 5. The molecule has 2 atom stereocenters. The number of aliphatic hydroxyl groups is 1. The molecule has 5 nitrogen and oxygen atoms in total. The molecule has 1 aromatic heterocycles. The molecule has 2 rings (SSSR count). The Labute approximate surface area is 97.5 Å². The highest BCUT2D eigenvalue weighted by atomic mass is 32.2. The van der Waals surface area contributed by atoms with Gasteiger partial charge in [-0.25, -0.2) is 0 Å². The van der Waals surface area contributed by atoms with E-state index in [-0.39, 0.29) is 24.5 Å². The summed E-state index contributed by atoms with van der Waals surface area (Å²) in [5, 5.41) is 9.65. The van der Waals surface area contributed by atoms with Crippen molar-refractivity contribution in [1.82, 2.24) is 9.55 Å². The lowest BCUT2D eigenvalue weighted by Crippen LogP contribution is -2.19. The van der Waals surface area contributed by atoms with Gasteiger partial charge in [0.2, 0.25) is 0 Å². The molecule has 0 bridgehead atoms. The van der Waals surface area contributed by atoms with Crippen LogP contribution in [0.1, 0.15) is 19.1 Å². The fraction of sp³-hybridized carbons (Fsp3) is 0.600. The number of thioether (sulfide) groups is 1. The van der Waals surface area contributed by atoms with E-state index in [0.717, 1.165) is 12.8 Å². The summed E-state index contributed by atoms with van der Waals surface area (Å²) in [6.45, 7) is 0.0404. The van der Waals surface area contributed by atoms with Gasteiger partial charge in [0.15, 0.2) is 5.16 Å². The molecule has 16 heavy (non-hydrogen) atoms. The van der Waals surface area contributed by atoms with Crippen LogP contribution in [0, 0.1) is 0 Å². The second-order valence-corrected chi connectivity index (χ2v) is 4.41. The summed E-state index contributed by atoms with van der Waals surface area (Å²) in [4.78, 5) is 15.0. The SMILES string of the molecule is CSc1nc(=O)ccn1[C@@H]1CC[C@@H](CO)O1.